The minimum Gasteiger partial charge on any atom is -0.310 e. The van der Waals surface area contributed by atoms with Gasteiger partial charge in [-0.15, -0.1) is 0 Å². The van der Waals surface area contributed by atoms with Gasteiger partial charge in [-0.1, -0.05) is 115 Å². The van der Waals surface area contributed by atoms with Crippen molar-refractivity contribution in [2.24, 2.45) is 0 Å². The van der Waals surface area contributed by atoms with Crippen LogP contribution in [0.1, 0.15) is 11.1 Å². The topological polar surface area (TPSA) is 13.1 Å². The third-order valence-electron chi connectivity index (χ3n) is 10.7. The summed E-state index contributed by atoms with van der Waals surface area (Å²) in [6.07, 6.45) is 4.19. The van der Waals surface area contributed by atoms with Gasteiger partial charge in [0, 0.05) is 55.4 Å². The van der Waals surface area contributed by atoms with E-state index in [1.807, 2.05) is 0 Å². The summed E-state index contributed by atoms with van der Waals surface area (Å²) in [6.45, 7) is 0. The number of aromatic nitrogens is 2. The first-order chi connectivity index (χ1) is 26.3. The van der Waals surface area contributed by atoms with Gasteiger partial charge in [0.2, 0.25) is 0 Å². The Hall–Kier alpha value is -7.28. The molecule has 0 saturated heterocycles. The normalized spacial score (nSPS) is 12.1. The molecule has 3 heteroatoms. The highest BCUT2D eigenvalue weighted by Crippen LogP contribution is 2.46. The molecule has 2 aromatic heterocycles. The maximum atomic E-state index is 3.31. The summed E-state index contributed by atoms with van der Waals surface area (Å²) in [6, 6.07) is 63.5. The molecule has 53 heavy (non-hydrogen) atoms. The Morgan fingerprint density at radius 1 is 0.377 bits per heavy atom. The van der Waals surface area contributed by atoms with Crippen molar-refractivity contribution in [3.63, 3.8) is 0 Å². The quantitative estimate of drug-likeness (QED) is 0.166. The van der Waals surface area contributed by atoms with Gasteiger partial charge < -0.3 is 14.0 Å². The third-order valence-corrected chi connectivity index (χ3v) is 10.7. The van der Waals surface area contributed by atoms with Crippen LogP contribution in [0.2, 0.25) is 0 Å². The Bertz CT molecular complexity index is 3150. The summed E-state index contributed by atoms with van der Waals surface area (Å²) in [5.74, 6) is 0. The summed E-state index contributed by atoms with van der Waals surface area (Å²) in [5.41, 5.74) is 19.1. The van der Waals surface area contributed by atoms with Crippen molar-refractivity contribution in [2.45, 2.75) is 0 Å². The molecule has 1 aliphatic rings. The molecule has 3 nitrogen and oxygen atoms in total. The smallest absolute Gasteiger partial charge is 0.0568 e. The fourth-order valence-electron chi connectivity index (χ4n) is 8.43. The van der Waals surface area contributed by atoms with Crippen molar-refractivity contribution in [1.29, 1.82) is 0 Å². The van der Waals surface area contributed by atoms with Crippen LogP contribution < -0.4 is 4.90 Å². The standard InChI is InChI=1S/C50H31N3/c1-3-17-36(18-4-1)51(37-19-5-2-6-20-37)48-33-49-50(42-23-10-9-21-40(42)48)43-24-12-14-26-46(43)53(49)39-29-30-47-44(32-39)41-22-11-13-25-45(41)52(47)38-28-27-34-15-7-8-16-35(34)31-38/h1-8,11-33H. The van der Waals surface area contributed by atoms with Crippen LogP contribution in [0, 0.1) is 0 Å². The van der Waals surface area contributed by atoms with E-state index in [0.717, 1.165) is 50.6 Å². The van der Waals surface area contributed by atoms with Gasteiger partial charge in [-0.25, -0.2) is 0 Å². The molecule has 2 heterocycles. The molecule has 0 radical (unpaired) electrons. The second kappa shape index (κ2) is 11.6. The van der Waals surface area contributed by atoms with Gasteiger partial charge in [0.1, 0.15) is 0 Å². The fourth-order valence-corrected chi connectivity index (χ4v) is 8.43. The maximum absolute atomic E-state index is 3.31. The number of nitrogens with zero attached hydrogens (tertiary/aromatic N) is 3. The molecule has 11 rings (SSSR count). The van der Waals surface area contributed by atoms with E-state index in [0.29, 0.717) is 0 Å². The average molecular weight is 674 g/mol. The van der Waals surface area contributed by atoms with Crippen LogP contribution in [0.4, 0.5) is 17.1 Å². The Morgan fingerprint density at radius 3 is 1.68 bits per heavy atom. The van der Waals surface area contributed by atoms with Crippen LogP contribution in [-0.4, -0.2) is 9.13 Å². The molecule has 0 aliphatic heterocycles. The Morgan fingerprint density at radius 2 is 0.925 bits per heavy atom. The van der Waals surface area contributed by atoms with Crippen LogP contribution in [0.15, 0.2) is 187 Å². The molecule has 0 bridgehead atoms. The molecule has 0 fully saturated rings. The van der Waals surface area contributed by atoms with Crippen LogP contribution >= 0.6 is 0 Å². The lowest BCUT2D eigenvalue weighted by atomic mass is 9.95. The number of fused-ring (bicyclic) bond motifs is 9. The van der Waals surface area contributed by atoms with Crippen molar-refractivity contribution >= 4 is 83.6 Å². The van der Waals surface area contributed by atoms with Crippen molar-refractivity contribution < 1.29 is 0 Å². The molecule has 0 spiro atoms. The maximum Gasteiger partial charge on any atom is 0.0568 e. The molecule has 1 aliphatic carbocycles. The number of benzene rings is 8. The molecule has 0 unspecified atom stereocenters. The highest BCUT2D eigenvalue weighted by molar-refractivity contribution is 6.17. The highest BCUT2D eigenvalue weighted by Gasteiger charge is 2.24. The van der Waals surface area contributed by atoms with E-state index in [1.54, 1.807) is 0 Å². The first-order valence-electron chi connectivity index (χ1n) is 18.0. The Kier molecular flexibility index (Phi) is 6.46. The summed E-state index contributed by atoms with van der Waals surface area (Å²) < 4.78 is 4.85. The number of hydrogen-bond acceptors (Lipinski definition) is 1. The van der Waals surface area contributed by atoms with Crippen molar-refractivity contribution in [1.82, 2.24) is 9.13 Å². The number of anilines is 3. The van der Waals surface area contributed by atoms with Gasteiger partial charge in [0.25, 0.3) is 0 Å². The zero-order valence-electron chi connectivity index (χ0n) is 28.7. The van der Waals surface area contributed by atoms with Crippen LogP contribution in [-0.2, 0) is 0 Å². The average Bonchev–Trinajstić information content (AvgIpc) is 3.74. The lowest BCUT2D eigenvalue weighted by molar-refractivity contribution is 1.17. The van der Waals surface area contributed by atoms with Crippen LogP contribution in [0.5, 0.6) is 0 Å². The first kappa shape index (κ1) is 29.5. The molecule has 0 amide bonds. The summed E-state index contributed by atoms with van der Waals surface area (Å²) in [7, 11) is 0. The predicted molar refractivity (Wildman–Crippen MR) is 223 cm³/mol. The number of hydrogen-bond donors (Lipinski definition) is 0. The van der Waals surface area contributed by atoms with Crippen molar-refractivity contribution in [3.05, 3.63) is 199 Å². The van der Waals surface area contributed by atoms with E-state index in [9.17, 15) is 0 Å². The molecule has 0 atom stereocenters. The third kappa shape index (κ3) is 4.50. The van der Waals surface area contributed by atoms with E-state index in [-0.39, 0.29) is 0 Å². The molecule has 0 N–H and O–H groups in total. The second-order valence-corrected chi connectivity index (χ2v) is 13.6. The van der Waals surface area contributed by atoms with Crippen LogP contribution in [0.25, 0.3) is 77.9 Å². The second-order valence-electron chi connectivity index (χ2n) is 13.6. The summed E-state index contributed by atoms with van der Waals surface area (Å²) >= 11 is 0. The molecular weight excluding hydrogens is 643 g/mol. The SMILES string of the molecule is C1=C=Cc2c(c(N(c3ccccc3)c3ccccc3)cc3c2c2ccccc2n3-c2ccc3c(c2)c2ccccc2n3-c2ccc3ccccc3c2)C=1. The number of rotatable bonds is 5. The lowest BCUT2D eigenvalue weighted by Gasteiger charge is -2.28. The summed E-state index contributed by atoms with van der Waals surface area (Å²) in [4.78, 5) is 2.36. The lowest BCUT2D eigenvalue weighted by Crippen LogP contribution is -2.12. The Labute approximate surface area is 306 Å². The van der Waals surface area contributed by atoms with Gasteiger partial charge >= 0.3 is 0 Å². The van der Waals surface area contributed by atoms with E-state index < -0.39 is 0 Å². The minimum absolute atomic E-state index is 1.09. The van der Waals surface area contributed by atoms with E-state index >= 15 is 0 Å². The zero-order chi connectivity index (χ0) is 34.9. The highest BCUT2D eigenvalue weighted by atomic mass is 15.1. The van der Waals surface area contributed by atoms with Gasteiger partial charge in [0.05, 0.1) is 27.8 Å². The van der Waals surface area contributed by atoms with Crippen molar-refractivity contribution in [3.8, 4) is 11.4 Å². The van der Waals surface area contributed by atoms with Gasteiger partial charge in [-0.3, -0.25) is 0 Å². The summed E-state index contributed by atoms with van der Waals surface area (Å²) in [5, 5.41) is 7.35. The monoisotopic (exact) mass is 673 g/mol. The largest absolute Gasteiger partial charge is 0.310 e. The van der Waals surface area contributed by atoms with Gasteiger partial charge in [0.15, 0.2) is 0 Å². The molecule has 246 valence electrons. The van der Waals surface area contributed by atoms with E-state index in [2.05, 4.69) is 214 Å². The van der Waals surface area contributed by atoms with E-state index in [4.69, 9.17) is 0 Å². The van der Waals surface area contributed by atoms with Gasteiger partial charge in [-0.05, 0) is 95.7 Å². The molecular formula is C50H31N3. The number of para-hydroxylation sites is 4. The van der Waals surface area contributed by atoms with Crippen molar-refractivity contribution in [2.75, 3.05) is 4.90 Å². The molecule has 10 aromatic rings. The van der Waals surface area contributed by atoms with E-state index in [1.165, 1.54) is 43.4 Å². The first-order valence-corrected chi connectivity index (χ1v) is 18.0. The Balaban J connectivity index is 1.21. The fraction of sp³-hybridized carbons (Fsp3) is 0. The van der Waals surface area contributed by atoms with Gasteiger partial charge in [-0.2, -0.15) is 0 Å². The zero-order valence-corrected chi connectivity index (χ0v) is 28.7. The molecule has 0 saturated carbocycles. The predicted octanol–water partition coefficient (Wildman–Crippen LogP) is 13.3. The molecule has 8 aromatic carbocycles. The van der Waals surface area contributed by atoms with Crippen LogP contribution in [0.3, 0.4) is 0 Å². The minimum atomic E-state index is 1.09.